The average Bonchev–Trinajstić information content (AvgIpc) is 3.49. The predicted molar refractivity (Wildman–Crippen MR) is 122 cm³/mol. The summed E-state index contributed by atoms with van der Waals surface area (Å²) < 4.78 is 14.1. The standard InChI is InChI=1S/C25H35N3O3/c1-17(2)26-10-8-21(9-11-26)31-22-6-7-23-19(12-22)13-24-25(29)27(14-18-4-5-18)15-20(16-30-3)28(23)24/h6-7,12-13,17-18,20-21H,4-5,8-11,14-16H2,1-3H3. The molecular weight excluding hydrogens is 390 g/mol. The van der Waals surface area contributed by atoms with Crippen molar-refractivity contribution < 1.29 is 14.3 Å². The van der Waals surface area contributed by atoms with E-state index in [-0.39, 0.29) is 18.1 Å². The number of carbonyl (C=O) groups is 1. The van der Waals surface area contributed by atoms with Crippen LogP contribution in [0.3, 0.4) is 0 Å². The van der Waals surface area contributed by atoms with E-state index < -0.39 is 0 Å². The Kier molecular flexibility index (Phi) is 5.69. The molecule has 2 aliphatic heterocycles. The summed E-state index contributed by atoms with van der Waals surface area (Å²) in [5.74, 6) is 1.74. The Hall–Kier alpha value is -2.05. The Morgan fingerprint density at radius 3 is 2.55 bits per heavy atom. The van der Waals surface area contributed by atoms with E-state index in [2.05, 4.69) is 41.5 Å². The van der Waals surface area contributed by atoms with Gasteiger partial charge in [-0.2, -0.15) is 0 Å². The number of benzene rings is 1. The summed E-state index contributed by atoms with van der Waals surface area (Å²) in [6.07, 6.45) is 4.89. The minimum absolute atomic E-state index is 0.152. The Bertz CT molecular complexity index is 941. The maximum atomic E-state index is 13.2. The van der Waals surface area contributed by atoms with E-state index in [1.165, 1.54) is 12.8 Å². The lowest BCUT2D eigenvalue weighted by atomic mass is 10.1. The number of ether oxygens (including phenoxy) is 2. The smallest absolute Gasteiger partial charge is 0.270 e. The first-order valence-electron chi connectivity index (χ1n) is 11.9. The van der Waals surface area contributed by atoms with E-state index >= 15 is 0 Å². The lowest BCUT2D eigenvalue weighted by Gasteiger charge is -2.35. The van der Waals surface area contributed by atoms with Gasteiger partial charge in [0, 0.05) is 50.2 Å². The number of methoxy groups -OCH3 is 1. The summed E-state index contributed by atoms with van der Waals surface area (Å²) >= 11 is 0. The van der Waals surface area contributed by atoms with Gasteiger partial charge in [-0.25, -0.2) is 0 Å². The predicted octanol–water partition coefficient (Wildman–Crippen LogP) is 3.95. The minimum atomic E-state index is 0.152. The molecule has 3 aliphatic rings. The van der Waals surface area contributed by atoms with Crippen molar-refractivity contribution in [2.24, 2.45) is 5.92 Å². The number of hydrogen-bond acceptors (Lipinski definition) is 4. The van der Waals surface area contributed by atoms with Crippen molar-refractivity contribution >= 4 is 16.8 Å². The van der Waals surface area contributed by atoms with Crippen LogP contribution in [0.1, 0.15) is 56.1 Å². The van der Waals surface area contributed by atoms with Crippen molar-refractivity contribution in [2.75, 3.05) is 39.9 Å². The summed E-state index contributed by atoms with van der Waals surface area (Å²) in [5.41, 5.74) is 1.88. The van der Waals surface area contributed by atoms with Crippen LogP contribution in [-0.2, 0) is 4.74 Å². The van der Waals surface area contributed by atoms with Crippen molar-refractivity contribution in [3.05, 3.63) is 30.0 Å². The van der Waals surface area contributed by atoms with Crippen LogP contribution in [0.25, 0.3) is 10.9 Å². The molecule has 1 aromatic carbocycles. The number of rotatable bonds is 7. The molecule has 5 rings (SSSR count). The summed E-state index contributed by atoms with van der Waals surface area (Å²) in [4.78, 5) is 17.8. The lowest BCUT2D eigenvalue weighted by molar-refractivity contribution is 0.0585. The molecule has 168 valence electrons. The van der Waals surface area contributed by atoms with Gasteiger partial charge < -0.3 is 23.8 Å². The molecule has 1 atom stereocenters. The number of fused-ring (bicyclic) bond motifs is 3. The highest BCUT2D eigenvalue weighted by Crippen LogP contribution is 2.36. The highest BCUT2D eigenvalue weighted by molar-refractivity contribution is 6.00. The lowest BCUT2D eigenvalue weighted by Crippen LogP contribution is -2.44. The number of nitrogens with zero attached hydrogens (tertiary/aromatic N) is 3. The summed E-state index contributed by atoms with van der Waals surface area (Å²) in [7, 11) is 1.74. The van der Waals surface area contributed by atoms with Crippen molar-refractivity contribution in [1.82, 2.24) is 14.4 Å². The third-order valence-electron chi connectivity index (χ3n) is 7.16. The fourth-order valence-electron chi connectivity index (χ4n) is 5.22. The van der Waals surface area contributed by atoms with Gasteiger partial charge in [0.2, 0.25) is 0 Å². The van der Waals surface area contributed by atoms with Crippen LogP contribution in [0.5, 0.6) is 5.75 Å². The molecule has 2 fully saturated rings. The fourth-order valence-corrected chi connectivity index (χ4v) is 5.22. The largest absolute Gasteiger partial charge is 0.490 e. The van der Waals surface area contributed by atoms with E-state index in [9.17, 15) is 4.79 Å². The summed E-state index contributed by atoms with van der Waals surface area (Å²) in [6.45, 7) is 8.92. The first-order chi connectivity index (χ1) is 15.0. The van der Waals surface area contributed by atoms with Crippen molar-refractivity contribution in [1.29, 1.82) is 0 Å². The topological polar surface area (TPSA) is 46.9 Å². The van der Waals surface area contributed by atoms with E-state index in [4.69, 9.17) is 9.47 Å². The van der Waals surface area contributed by atoms with Crippen LogP contribution in [0, 0.1) is 5.92 Å². The second-order valence-corrected chi connectivity index (χ2v) is 9.83. The van der Waals surface area contributed by atoms with Gasteiger partial charge >= 0.3 is 0 Å². The number of amides is 1. The first kappa shape index (κ1) is 20.8. The van der Waals surface area contributed by atoms with Crippen LogP contribution in [0.4, 0.5) is 0 Å². The third kappa shape index (κ3) is 4.20. The summed E-state index contributed by atoms with van der Waals surface area (Å²) in [6, 6.07) is 9.09. The van der Waals surface area contributed by atoms with Gasteiger partial charge in [-0.05, 0) is 69.7 Å². The molecule has 1 aliphatic carbocycles. The monoisotopic (exact) mass is 425 g/mol. The highest BCUT2D eigenvalue weighted by atomic mass is 16.5. The fraction of sp³-hybridized carbons (Fsp3) is 0.640. The zero-order valence-corrected chi connectivity index (χ0v) is 19.0. The molecule has 1 aromatic heterocycles. The number of piperidine rings is 1. The molecule has 3 heterocycles. The van der Waals surface area contributed by atoms with Gasteiger partial charge in [-0.1, -0.05) is 0 Å². The van der Waals surface area contributed by atoms with E-state index in [0.29, 0.717) is 18.6 Å². The molecule has 1 unspecified atom stereocenters. The third-order valence-corrected chi connectivity index (χ3v) is 7.16. The molecule has 1 saturated carbocycles. The SMILES string of the molecule is COCC1CN(CC2CC2)C(=O)c2cc3cc(OC4CCN(C(C)C)CC4)ccc3n21. The highest BCUT2D eigenvalue weighted by Gasteiger charge is 2.36. The van der Waals surface area contributed by atoms with E-state index in [1.54, 1.807) is 7.11 Å². The molecule has 6 nitrogen and oxygen atoms in total. The van der Waals surface area contributed by atoms with Crippen molar-refractivity contribution in [3.63, 3.8) is 0 Å². The molecule has 0 bridgehead atoms. The average molecular weight is 426 g/mol. The number of likely N-dealkylation sites (tertiary alicyclic amines) is 1. The molecule has 0 spiro atoms. The molecule has 0 N–H and O–H groups in total. The van der Waals surface area contributed by atoms with Gasteiger partial charge in [0.05, 0.1) is 12.6 Å². The molecule has 0 radical (unpaired) electrons. The zero-order chi connectivity index (χ0) is 21.5. The Morgan fingerprint density at radius 1 is 1.10 bits per heavy atom. The molecule has 1 saturated heterocycles. The molecular formula is C25H35N3O3. The normalized spacial score (nSPS) is 23.0. The molecule has 1 amide bonds. The molecule has 31 heavy (non-hydrogen) atoms. The Labute approximate surface area is 185 Å². The van der Waals surface area contributed by atoms with Crippen molar-refractivity contribution in [3.8, 4) is 5.75 Å². The maximum Gasteiger partial charge on any atom is 0.270 e. The van der Waals surface area contributed by atoms with Crippen LogP contribution in [0.2, 0.25) is 0 Å². The number of aromatic nitrogens is 1. The second kappa shape index (κ2) is 8.47. The van der Waals surface area contributed by atoms with Gasteiger partial charge in [-0.3, -0.25) is 4.79 Å². The van der Waals surface area contributed by atoms with Crippen molar-refractivity contribution in [2.45, 2.75) is 57.7 Å². The molecule has 2 aromatic rings. The van der Waals surface area contributed by atoms with Gasteiger partial charge in [0.15, 0.2) is 0 Å². The number of carbonyl (C=O) groups excluding carboxylic acids is 1. The first-order valence-corrected chi connectivity index (χ1v) is 11.9. The quantitative estimate of drug-likeness (QED) is 0.674. The van der Waals surface area contributed by atoms with Crippen LogP contribution in [-0.4, -0.2) is 72.3 Å². The van der Waals surface area contributed by atoms with E-state index in [1.807, 2.05) is 11.0 Å². The molecule has 6 heteroatoms. The van der Waals surface area contributed by atoms with E-state index in [0.717, 1.165) is 61.4 Å². The summed E-state index contributed by atoms with van der Waals surface area (Å²) in [5, 5.41) is 1.08. The zero-order valence-electron chi connectivity index (χ0n) is 19.0. The second-order valence-electron chi connectivity index (χ2n) is 9.83. The van der Waals surface area contributed by atoms with Gasteiger partial charge in [-0.15, -0.1) is 0 Å². The number of hydrogen-bond donors (Lipinski definition) is 0. The maximum absolute atomic E-state index is 13.2. The van der Waals surface area contributed by atoms with Gasteiger partial charge in [0.25, 0.3) is 5.91 Å². The van der Waals surface area contributed by atoms with Gasteiger partial charge in [0.1, 0.15) is 17.5 Å². The van der Waals surface area contributed by atoms with Crippen LogP contribution in [0.15, 0.2) is 24.3 Å². The van der Waals surface area contributed by atoms with Crippen LogP contribution < -0.4 is 4.74 Å². The Morgan fingerprint density at radius 2 is 1.87 bits per heavy atom. The Balaban J connectivity index is 1.37. The van der Waals surface area contributed by atoms with Crippen LogP contribution >= 0.6 is 0 Å². The minimum Gasteiger partial charge on any atom is -0.490 e.